The first-order chi connectivity index (χ1) is 9.99. The Balaban J connectivity index is 2.95. The summed E-state index contributed by atoms with van der Waals surface area (Å²) in [7, 11) is 1.55. The van der Waals surface area contributed by atoms with Gasteiger partial charge in [0.2, 0.25) is 0 Å². The molecule has 0 aromatic heterocycles. The van der Waals surface area contributed by atoms with E-state index in [0.29, 0.717) is 12.2 Å². The Morgan fingerprint density at radius 3 is 2.76 bits per heavy atom. The largest absolute Gasteiger partial charge is 0.384 e. The summed E-state index contributed by atoms with van der Waals surface area (Å²) in [5.74, 6) is 4.16. The molecule has 0 bridgehead atoms. The first-order valence-electron chi connectivity index (χ1n) is 6.68. The topological polar surface area (TPSA) is 58.6 Å². The fourth-order valence-electron chi connectivity index (χ4n) is 1.75. The Hall–Kier alpha value is -1.90. The lowest BCUT2D eigenvalue weighted by atomic mass is 10.0. The van der Waals surface area contributed by atoms with E-state index in [-0.39, 0.29) is 24.1 Å². The van der Waals surface area contributed by atoms with Crippen molar-refractivity contribution in [2.45, 2.75) is 19.9 Å². The standard InChI is InChI=1S/C16H20FNO3/c1-11(2)15(10-21-3)18-16(20)13-9-12(5-4-8-19)6-7-14(13)17/h6-7,9,11,15,19H,8,10H2,1-3H3,(H,18,20). The molecule has 0 aliphatic heterocycles. The Labute approximate surface area is 124 Å². The number of amides is 1. The maximum Gasteiger partial charge on any atom is 0.254 e. The third-order valence-corrected chi connectivity index (χ3v) is 2.99. The van der Waals surface area contributed by atoms with Gasteiger partial charge in [-0.25, -0.2) is 4.39 Å². The van der Waals surface area contributed by atoms with Crippen molar-refractivity contribution >= 4 is 5.91 Å². The minimum Gasteiger partial charge on any atom is -0.384 e. The van der Waals surface area contributed by atoms with Crippen LogP contribution in [0.5, 0.6) is 0 Å². The molecule has 1 unspecified atom stereocenters. The van der Waals surface area contributed by atoms with Crippen molar-refractivity contribution in [3.63, 3.8) is 0 Å². The Morgan fingerprint density at radius 1 is 1.48 bits per heavy atom. The smallest absolute Gasteiger partial charge is 0.254 e. The molecule has 114 valence electrons. The second-order valence-corrected chi connectivity index (χ2v) is 4.93. The van der Waals surface area contributed by atoms with Gasteiger partial charge in [-0.3, -0.25) is 4.79 Å². The molecule has 0 spiro atoms. The summed E-state index contributed by atoms with van der Waals surface area (Å²) in [6.07, 6.45) is 0. The maximum absolute atomic E-state index is 13.8. The highest BCUT2D eigenvalue weighted by molar-refractivity contribution is 5.95. The molecule has 21 heavy (non-hydrogen) atoms. The zero-order chi connectivity index (χ0) is 15.8. The van der Waals surface area contributed by atoms with Gasteiger partial charge in [-0.15, -0.1) is 0 Å². The van der Waals surface area contributed by atoms with Crippen LogP contribution in [-0.4, -0.2) is 37.4 Å². The molecule has 0 heterocycles. The third-order valence-electron chi connectivity index (χ3n) is 2.99. The van der Waals surface area contributed by atoms with Crippen LogP contribution in [0.3, 0.4) is 0 Å². The van der Waals surface area contributed by atoms with Crippen LogP contribution in [0.2, 0.25) is 0 Å². The van der Waals surface area contributed by atoms with E-state index < -0.39 is 11.7 Å². The number of carbonyl (C=O) groups is 1. The van der Waals surface area contributed by atoms with E-state index in [1.54, 1.807) is 7.11 Å². The minimum atomic E-state index is -0.609. The van der Waals surface area contributed by atoms with E-state index in [9.17, 15) is 9.18 Å². The van der Waals surface area contributed by atoms with Gasteiger partial charge in [-0.05, 0) is 24.1 Å². The van der Waals surface area contributed by atoms with Gasteiger partial charge in [-0.1, -0.05) is 25.7 Å². The number of benzene rings is 1. The Bertz CT molecular complexity index is 546. The van der Waals surface area contributed by atoms with Gasteiger partial charge in [0.1, 0.15) is 12.4 Å². The van der Waals surface area contributed by atoms with E-state index in [0.717, 1.165) is 0 Å². The van der Waals surface area contributed by atoms with Crippen LogP contribution < -0.4 is 5.32 Å². The zero-order valence-electron chi connectivity index (χ0n) is 12.4. The molecule has 1 aromatic rings. The number of halogens is 1. The molecule has 0 fully saturated rings. The van der Waals surface area contributed by atoms with Crippen molar-refractivity contribution in [3.8, 4) is 11.8 Å². The van der Waals surface area contributed by atoms with E-state index >= 15 is 0 Å². The molecule has 1 amide bonds. The second-order valence-electron chi connectivity index (χ2n) is 4.93. The average Bonchev–Trinajstić information content (AvgIpc) is 2.45. The van der Waals surface area contributed by atoms with Gasteiger partial charge >= 0.3 is 0 Å². The maximum atomic E-state index is 13.8. The predicted molar refractivity (Wildman–Crippen MR) is 78.3 cm³/mol. The number of ether oxygens (including phenoxy) is 1. The molecule has 5 heteroatoms. The van der Waals surface area contributed by atoms with Gasteiger partial charge in [0, 0.05) is 12.7 Å². The highest BCUT2D eigenvalue weighted by Crippen LogP contribution is 2.11. The number of hydrogen-bond acceptors (Lipinski definition) is 3. The van der Waals surface area contributed by atoms with Crippen LogP contribution in [0.15, 0.2) is 18.2 Å². The van der Waals surface area contributed by atoms with Crippen LogP contribution in [0, 0.1) is 23.6 Å². The van der Waals surface area contributed by atoms with Crippen LogP contribution in [0.1, 0.15) is 29.8 Å². The molecule has 0 saturated carbocycles. The Morgan fingerprint density at radius 2 is 2.19 bits per heavy atom. The first kappa shape index (κ1) is 17.2. The summed E-state index contributed by atoms with van der Waals surface area (Å²) in [5.41, 5.74) is 0.407. The molecular weight excluding hydrogens is 273 g/mol. The van der Waals surface area contributed by atoms with Gasteiger partial charge < -0.3 is 15.2 Å². The third kappa shape index (κ3) is 5.18. The van der Waals surface area contributed by atoms with E-state index in [2.05, 4.69) is 17.2 Å². The number of rotatable bonds is 5. The normalized spacial score (nSPS) is 11.7. The summed E-state index contributed by atoms with van der Waals surface area (Å²) >= 11 is 0. The van der Waals surface area contributed by atoms with Crippen molar-refractivity contribution in [2.75, 3.05) is 20.3 Å². The molecule has 0 aliphatic carbocycles. The highest BCUT2D eigenvalue weighted by atomic mass is 19.1. The van der Waals surface area contributed by atoms with E-state index in [1.807, 2.05) is 13.8 Å². The zero-order valence-corrected chi connectivity index (χ0v) is 12.4. The second kappa shape index (κ2) is 8.40. The lowest BCUT2D eigenvalue weighted by Crippen LogP contribution is -2.42. The van der Waals surface area contributed by atoms with Crippen molar-refractivity contribution < 1.29 is 19.0 Å². The summed E-state index contributed by atoms with van der Waals surface area (Å²) in [6.45, 7) is 3.96. The molecular formula is C16H20FNO3. The molecule has 0 aliphatic rings. The molecule has 2 N–H and O–H groups in total. The van der Waals surface area contributed by atoms with Crippen LogP contribution in [0.25, 0.3) is 0 Å². The van der Waals surface area contributed by atoms with Gasteiger partial charge in [-0.2, -0.15) is 0 Å². The number of aliphatic hydroxyl groups is 1. The van der Waals surface area contributed by atoms with Gasteiger partial charge in [0.15, 0.2) is 0 Å². The quantitative estimate of drug-likeness (QED) is 0.810. The first-order valence-corrected chi connectivity index (χ1v) is 6.68. The number of aliphatic hydroxyl groups excluding tert-OH is 1. The van der Waals surface area contributed by atoms with Crippen LogP contribution in [0.4, 0.5) is 4.39 Å². The summed E-state index contributed by atoms with van der Waals surface area (Å²) in [5, 5.41) is 11.4. The van der Waals surface area contributed by atoms with Gasteiger partial charge in [0.25, 0.3) is 5.91 Å². The monoisotopic (exact) mass is 293 g/mol. The van der Waals surface area contributed by atoms with E-state index in [1.165, 1.54) is 18.2 Å². The fraction of sp³-hybridized carbons (Fsp3) is 0.438. The van der Waals surface area contributed by atoms with Crippen molar-refractivity contribution in [1.29, 1.82) is 0 Å². The van der Waals surface area contributed by atoms with Crippen LogP contribution >= 0.6 is 0 Å². The summed E-state index contributed by atoms with van der Waals surface area (Å²) in [6, 6.07) is 3.83. The fourth-order valence-corrected chi connectivity index (χ4v) is 1.75. The molecule has 1 atom stereocenters. The molecule has 4 nitrogen and oxygen atoms in total. The minimum absolute atomic E-state index is 0.0681. The number of nitrogens with one attached hydrogen (secondary N) is 1. The van der Waals surface area contributed by atoms with Crippen molar-refractivity contribution in [2.24, 2.45) is 5.92 Å². The predicted octanol–water partition coefficient (Wildman–Crippen LogP) is 1.57. The van der Waals surface area contributed by atoms with E-state index in [4.69, 9.17) is 9.84 Å². The van der Waals surface area contributed by atoms with Gasteiger partial charge in [0.05, 0.1) is 18.2 Å². The average molecular weight is 293 g/mol. The summed E-state index contributed by atoms with van der Waals surface area (Å²) < 4.78 is 18.8. The number of hydrogen-bond donors (Lipinski definition) is 2. The number of carbonyl (C=O) groups excluding carboxylic acids is 1. The summed E-state index contributed by atoms with van der Waals surface area (Å²) in [4.78, 5) is 12.2. The molecule has 0 saturated heterocycles. The highest BCUT2D eigenvalue weighted by Gasteiger charge is 2.19. The molecule has 0 radical (unpaired) electrons. The Kier molecular flexibility index (Phi) is 6.86. The SMILES string of the molecule is COCC(NC(=O)c1cc(C#CCO)ccc1F)C(C)C. The lowest BCUT2D eigenvalue weighted by molar-refractivity contribution is 0.0862. The van der Waals surface area contributed by atoms with Crippen LogP contribution in [-0.2, 0) is 4.74 Å². The molecule has 1 aromatic carbocycles. The van der Waals surface area contributed by atoms with Crippen molar-refractivity contribution in [3.05, 3.63) is 35.1 Å². The molecule has 1 rings (SSSR count). The van der Waals surface area contributed by atoms with Crippen molar-refractivity contribution in [1.82, 2.24) is 5.32 Å². The number of methoxy groups -OCH3 is 1. The lowest BCUT2D eigenvalue weighted by Gasteiger charge is -2.21.